The lowest BCUT2D eigenvalue weighted by atomic mass is 10.2. The molecule has 5 nitrogen and oxygen atoms in total. The molecule has 0 aliphatic heterocycles. The van der Waals surface area contributed by atoms with Crippen molar-refractivity contribution in [1.29, 1.82) is 0 Å². The minimum Gasteiger partial charge on any atom is -0.492 e. The Kier molecular flexibility index (Phi) is 5.36. The maximum absolute atomic E-state index is 11.6. The third-order valence-corrected chi connectivity index (χ3v) is 3.01. The zero-order chi connectivity index (χ0) is 15.9. The van der Waals surface area contributed by atoms with Crippen LogP contribution in [0.15, 0.2) is 42.6 Å². The molecule has 2 aromatic rings. The van der Waals surface area contributed by atoms with Gasteiger partial charge < -0.3 is 15.4 Å². The SMILES string of the molecule is CCOc1ccccc1Nc1ccc(NC(=O)C(C)C)cn1. The second-order valence-electron chi connectivity index (χ2n) is 5.13. The van der Waals surface area contributed by atoms with Crippen LogP contribution in [-0.2, 0) is 4.79 Å². The number of benzene rings is 1. The number of nitrogens with one attached hydrogen (secondary N) is 2. The molecule has 5 heteroatoms. The summed E-state index contributed by atoms with van der Waals surface area (Å²) in [4.78, 5) is 15.9. The Bertz CT molecular complexity index is 624. The van der Waals surface area contributed by atoms with Gasteiger partial charge in [0, 0.05) is 5.92 Å². The van der Waals surface area contributed by atoms with Crippen LogP contribution >= 0.6 is 0 Å². The Hall–Kier alpha value is -2.56. The molecule has 0 saturated heterocycles. The molecular formula is C17H21N3O2. The average molecular weight is 299 g/mol. The summed E-state index contributed by atoms with van der Waals surface area (Å²) in [6.07, 6.45) is 1.63. The van der Waals surface area contributed by atoms with Crippen molar-refractivity contribution >= 4 is 23.1 Å². The van der Waals surface area contributed by atoms with Crippen LogP contribution in [-0.4, -0.2) is 17.5 Å². The molecule has 0 spiro atoms. The van der Waals surface area contributed by atoms with Gasteiger partial charge in [0.15, 0.2) is 0 Å². The molecule has 0 fully saturated rings. The lowest BCUT2D eigenvalue weighted by Gasteiger charge is -2.12. The number of rotatable bonds is 6. The van der Waals surface area contributed by atoms with Crippen LogP contribution in [0.5, 0.6) is 5.75 Å². The molecule has 1 amide bonds. The Balaban J connectivity index is 2.07. The summed E-state index contributed by atoms with van der Waals surface area (Å²) in [6, 6.07) is 11.3. The summed E-state index contributed by atoms with van der Waals surface area (Å²) in [5.74, 6) is 1.39. The molecule has 0 unspecified atom stereocenters. The molecule has 2 rings (SSSR count). The van der Waals surface area contributed by atoms with Crippen molar-refractivity contribution in [1.82, 2.24) is 4.98 Å². The minimum absolute atomic E-state index is 0.0239. The topological polar surface area (TPSA) is 63.2 Å². The summed E-state index contributed by atoms with van der Waals surface area (Å²) in [5, 5.41) is 6.02. The third-order valence-electron chi connectivity index (χ3n) is 3.01. The summed E-state index contributed by atoms with van der Waals surface area (Å²) in [6.45, 7) is 6.25. The number of carbonyl (C=O) groups is 1. The van der Waals surface area contributed by atoms with Crippen molar-refractivity contribution in [2.75, 3.05) is 17.2 Å². The second kappa shape index (κ2) is 7.45. The standard InChI is InChI=1S/C17H21N3O2/c1-4-22-15-8-6-5-7-14(15)20-16-10-9-13(11-18-16)19-17(21)12(2)3/h5-12H,4H2,1-3H3,(H,18,20)(H,19,21). The first kappa shape index (κ1) is 15.8. The molecule has 1 heterocycles. The zero-order valence-corrected chi connectivity index (χ0v) is 13.1. The van der Waals surface area contributed by atoms with E-state index >= 15 is 0 Å². The van der Waals surface area contributed by atoms with Crippen molar-refractivity contribution in [3.8, 4) is 5.75 Å². The van der Waals surface area contributed by atoms with Crippen LogP contribution < -0.4 is 15.4 Å². The quantitative estimate of drug-likeness (QED) is 0.851. The third kappa shape index (κ3) is 4.22. The Morgan fingerprint density at radius 2 is 2.00 bits per heavy atom. The number of nitrogens with zero attached hydrogens (tertiary/aromatic N) is 1. The van der Waals surface area contributed by atoms with E-state index in [-0.39, 0.29) is 11.8 Å². The van der Waals surface area contributed by atoms with Crippen molar-refractivity contribution < 1.29 is 9.53 Å². The first-order valence-corrected chi connectivity index (χ1v) is 7.36. The lowest BCUT2D eigenvalue weighted by molar-refractivity contribution is -0.118. The predicted octanol–water partition coefficient (Wildman–Crippen LogP) is 3.82. The number of pyridine rings is 1. The van der Waals surface area contributed by atoms with Gasteiger partial charge in [0.05, 0.1) is 24.2 Å². The maximum Gasteiger partial charge on any atom is 0.226 e. The first-order valence-electron chi connectivity index (χ1n) is 7.36. The molecule has 1 aromatic heterocycles. The van der Waals surface area contributed by atoms with Gasteiger partial charge in [-0.15, -0.1) is 0 Å². The molecule has 0 aliphatic carbocycles. The monoisotopic (exact) mass is 299 g/mol. The van der Waals surface area contributed by atoms with E-state index in [1.807, 2.05) is 57.2 Å². The molecule has 0 atom stereocenters. The van der Waals surface area contributed by atoms with Crippen LogP contribution in [0.25, 0.3) is 0 Å². The van der Waals surface area contributed by atoms with Gasteiger partial charge in [-0.25, -0.2) is 4.98 Å². The number of carbonyl (C=O) groups excluding carboxylic acids is 1. The Morgan fingerprint density at radius 3 is 2.64 bits per heavy atom. The van der Waals surface area contributed by atoms with Crippen LogP contribution in [0.2, 0.25) is 0 Å². The molecule has 0 saturated carbocycles. The van der Waals surface area contributed by atoms with Crippen LogP contribution in [0.4, 0.5) is 17.2 Å². The van der Waals surface area contributed by atoms with Gasteiger partial charge in [-0.1, -0.05) is 26.0 Å². The minimum atomic E-state index is -0.0594. The van der Waals surface area contributed by atoms with E-state index < -0.39 is 0 Å². The fourth-order valence-corrected chi connectivity index (χ4v) is 1.82. The van der Waals surface area contributed by atoms with E-state index in [2.05, 4.69) is 15.6 Å². The molecule has 2 N–H and O–H groups in total. The fourth-order valence-electron chi connectivity index (χ4n) is 1.82. The zero-order valence-electron chi connectivity index (χ0n) is 13.1. The second-order valence-corrected chi connectivity index (χ2v) is 5.13. The summed E-state index contributed by atoms with van der Waals surface area (Å²) >= 11 is 0. The van der Waals surface area contributed by atoms with Crippen molar-refractivity contribution in [3.63, 3.8) is 0 Å². The molecule has 1 aromatic carbocycles. The molecule has 22 heavy (non-hydrogen) atoms. The maximum atomic E-state index is 11.6. The largest absolute Gasteiger partial charge is 0.492 e. The molecule has 0 aliphatic rings. The van der Waals surface area contributed by atoms with Gasteiger partial charge in [-0.3, -0.25) is 4.79 Å². The van der Waals surface area contributed by atoms with Crippen LogP contribution in [0.1, 0.15) is 20.8 Å². The van der Waals surface area contributed by atoms with Crippen LogP contribution in [0, 0.1) is 5.92 Å². The molecule has 0 radical (unpaired) electrons. The van der Waals surface area contributed by atoms with Crippen molar-refractivity contribution in [3.05, 3.63) is 42.6 Å². The highest BCUT2D eigenvalue weighted by Gasteiger charge is 2.08. The van der Waals surface area contributed by atoms with Crippen molar-refractivity contribution in [2.24, 2.45) is 5.92 Å². The molecule has 116 valence electrons. The number of amides is 1. The van der Waals surface area contributed by atoms with Gasteiger partial charge >= 0.3 is 0 Å². The smallest absolute Gasteiger partial charge is 0.226 e. The van der Waals surface area contributed by atoms with E-state index in [4.69, 9.17) is 4.74 Å². The van der Waals surface area contributed by atoms with E-state index in [1.54, 1.807) is 6.20 Å². The number of ether oxygens (including phenoxy) is 1. The molecule has 0 bridgehead atoms. The normalized spacial score (nSPS) is 10.4. The Morgan fingerprint density at radius 1 is 1.23 bits per heavy atom. The number of hydrogen-bond acceptors (Lipinski definition) is 4. The summed E-state index contributed by atoms with van der Waals surface area (Å²) in [5.41, 5.74) is 1.54. The van der Waals surface area contributed by atoms with Gasteiger partial charge in [0.2, 0.25) is 5.91 Å². The van der Waals surface area contributed by atoms with E-state index in [0.717, 1.165) is 11.4 Å². The number of para-hydroxylation sites is 2. The number of anilines is 3. The highest BCUT2D eigenvalue weighted by Crippen LogP contribution is 2.26. The van der Waals surface area contributed by atoms with Crippen molar-refractivity contribution in [2.45, 2.75) is 20.8 Å². The van der Waals surface area contributed by atoms with Crippen LogP contribution in [0.3, 0.4) is 0 Å². The summed E-state index contributed by atoms with van der Waals surface area (Å²) in [7, 11) is 0. The highest BCUT2D eigenvalue weighted by atomic mass is 16.5. The van der Waals surface area contributed by atoms with Gasteiger partial charge in [-0.05, 0) is 31.2 Å². The van der Waals surface area contributed by atoms with Gasteiger partial charge in [0.1, 0.15) is 11.6 Å². The summed E-state index contributed by atoms with van der Waals surface area (Å²) < 4.78 is 5.56. The number of hydrogen-bond donors (Lipinski definition) is 2. The van der Waals surface area contributed by atoms with E-state index in [0.29, 0.717) is 18.1 Å². The first-order chi connectivity index (χ1) is 10.6. The highest BCUT2D eigenvalue weighted by molar-refractivity contribution is 5.91. The fraction of sp³-hybridized carbons (Fsp3) is 0.294. The Labute approximate surface area is 130 Å². The van der Waals surface area contributed by atoms with Gasteiger partial charge in [-0.2, -0.15) is 0 Å². The lowest BCUT2D eigenvalue weighted by Crippen LogP contribution is -2.17. The van der Waals surface area contributed by atoms with Gasteiger partial charge in [0.25, 0.3) is 0 Å². The average Bonchev–Trinajstić information content (AvgIpc) is 2.51. The number of aromatic nitrogens is 1. The predicted molar refractivity (Wildman–Crippen MR) is 88.6 cm³/mol. The van der Waals surface area contributed by atoms with E-state index in [1.165, 1.54) is 0 Å². The molecular weight excluding hydrogens is 278 g/mol. The van der Waals surface area contributed by atoms with E-state index in [9.17, 15) is 4.79 Å².